The fraction of sp³-hybridized carbons (Fsp3) is 0.545. The molecule has 2 saturated heterocycles. The van der Waals surface area contributed by atoms with Gasteiger partial charge in [-0.15, -0.1) is 0 Å². The van der Waals surface area contributed by atoms with Crippen LogP contribution in [0.25, 0.3) is 16.5 Å². The molecular formula is C22H29N3. The molecule has 4 heterocycles. The predicted molar refractivity (Wildman–Crippen MR) is 105 cm³/mol. The normalized spacial score (nSPS) is 30.0. The molecule has 3 heteroatoms. The Morgan fingerprint density at radius 2 is 2.20 bits per heavy atom. The van der Waals surface area contributed by atoms with Gasteiger partial charge in [-0.1, -0.05) is 12.1 Å². The molecule has 5 rings (SSSR count). The van der Waals surface area contributed by atoms with Crippen molar-refractivity contribution < 1.29 is 0 Å². The van der Waals surface area contributed by atoms with E-state index < -0.39 is 0 Å². The molecule has 0 bridgehead atoms. The summed E-state index contributed by atoms with van der Waals surface area (Å²) in [6, 6.07) is 7.72. The highest BCUT2D eigenvalue weighted by atomic mass is 15.2. The van der Waals surface area contributed by atoms with Gasteiger partial charge in [-0.3, -0.25) is 4.90 Å². The third kappa shape index (κ3) is 2.84. The number of aromatic amines is 1. The second kappa shape index (κ2) is 6.00. The van der Waals surface area contributed by atoms with Gasteiger partial charge in [-0.25, -0.2) is 0 Å². The van der Waals surface area contributed by atoms with Crippen LogP contribution >= 0.6 is 0 Å². The number of H-pyrrole nitrogens is 1. The van der Waals surface area contributed by atoms with Crippen molar-refractivity contribution in [1.29, 1.82) is 0 Å². The van der Waals surface area contributed by atoms with Gasteiger partial charge in [-0.05, 0) is 87.4 Å². The molecule has 2 atom stereocenters. The predicted octanol–water partition coefficient (Wildman–Crippen LogP) is 4.10. The van der Waals surface area contributed by atoms with Gasteiger partial charge in [0.05, 0.1) is 0 Å². The summed E-state index contributed by atoms with van der Waals surface area (Å²) in [5, 5.41) is 5.13. The van der Waals surface area contributed by atoms with E-state index >= 15 is 0 Å². The second-order valence-electron chi connectivity index (χ2n) is 8.53. The summed E-state index contributed by atoms with van der Waals surface area (Å²) in [5.41, 5.74) is 6.00. The lowest BCUT2D eigenvalue weighted by atomic mass is 9.90. The Balaban J connectivity index is 1.47. The first-order valence-corrected chi connectivity index (χ1v) is 10.0. The van der Waals surface area contributed by atoms with Crippen LogP contribution in [0.1, 0.15) is 50.2 Å². The quantitative estimate of drug-likeness (QED) is 0.884. The summed E-state index contributed by atoms with van der Waals surface area (Å²) < 4.78 is 0. The van der Waals surface area contributed by atoms with Crippen LogP contribution < -0.4 is 5.32 Å². The van der Waals surface area contributed by atoms with Crippen LogP contribution in [0.5, 0.6) is 0 Å². The monoisotopic (exact) mass is 335 g/mol. The minimum absolute atomic E-state index is 0.263. The number of benzene rings is 1. The zero-order valence-electron chi connectivity index (χ0n) is 15.3. The number of hydrogen-bond donors (Lipinski definition) is 2. The highest BCUT2D eigenvalue weighted by molar-refractivity contribution is 5.87. The van der Waals surface area contributed by atoms with Crippen LogP contribution in [-0.4, -0.2) is 41.1 Å². The Bertz CT molecular complexity index is 810. The Labute approximate surface area is 150 Å². The maximum atomic E-state index is 3.71. The zero-order chi connectivity index (χ0) is 16.9. The van der Waals surface area contributed by atoms with E-state index in [0.29, 0.717) is 6.04 Å². The molecule has 0 unspecified atom stereocenters. The van der Waals surface area contributed by atoms with E-state index in [1.54, 1.807) is 5.57 Å². The highest BCUT2D eigenvalue weighted by Crippen LogP contribution is 2.33. The first-order valence-electron chi connectivity index (χ1n) is 10.0. The maximum absolute atomic E-state index is 3.71. The van der Waals surface area contributed by atoms with Crippen molar-refractivity contribution in [2.24, 2.45) is 0 Å². The van der Waals surface area contributed by atoms with Crippen LogP contribution in [0.3, 0.4) is 0 Å². The average Bonchev–Trinajstić information content (AvgIpc) is 3.34. The first-order chi connectivity index (χ1) is 12.2. The summed E-state index contributed by atoms with van der Waals surface area (Å²) in [6.45, 7) is 6.06. The number of hydrogen-bond acceptors (Lipinski definition) is 2. The molecule has 3 aliphatic rings. The van der Waals surface area contributed by atoms with Gasteiger partial charge in [0.1, 0.15) is 0 Å². The number of nitrogens with one attached hydrogen (secondary N) is 2. The smallest absolute Gasteiger partial charge is 0.0457 e. The number of rotatable bonds is 3. The Morgan fingerprint density at radius 3 is 3.08 bits per heavy atom. The number of nitrogens with zero attached hydrogens (tertiary/aromatic N) is 1. The van der Waals surface area contributed by atoms with E-state index in [9.17, 15) is 0 Å². The molecule has 2 N–H and O–H groups in total. The minimum atomic E-state index is 0.263. The lowest BCUT2D eigenvalue weighted by Gasteiger charge is -2.28. The lowest BCUT2D eigenvalue weighted by molar-refractivity contribution is 0.288. The summed E-state index contributed by atoms with van der Waals surface area (Å²) in [6.07, 6.45) is 12.4. The van der Waals surface area contributed by atoms with E-state index in [0.717, 1.165) is 13.0 Å². The van der Waals surface area contributed by atoms with Gasteiger partial charge in [0.2, 0.25) is 0 Å². The van der Waals surface area contributed by atoms with Gasteiger partial charge in [0, 0.05) is 35.2 Å². The van der Waals surface area contributed by atoms with Crippen LogP contribution in [0, 0.1) is 0 Å². The van der Waals surface area contributed by atoms with Crippen LogP contribution in [-0.2, 0) is 6.42 Å². The van der Waals surface area contributed by atoms with Gasteiger partial charge < -0.3 is 10.3 Å². The topological polar surface area (TPSA) is 31.1 Å². The largest absolute Gasteiger partial charge is 0.361 e. The summed E-state index contributed by atoms with van der Waals surface area (Å²) in [4.78, 5) is 6.14. The molecule has 2 aromatic rings. The van der Waals surface area contributed by atoms with Crippen molar-refractivity contribution in [1.82, 2.24) is 15.2 Å². The molecule has 1 aromatic carbocycles. The molecule has 0 saturated carbocycles. The summed E-state index contributed by atoms with van der Waals surface area (Å²) >= 11 is 0. The summed E-state index contributed by atoms with van der Waals surface area (Å²) in [7, 11) is 0. The van der Waals surface area contributed by atoms with E-state index in [1.807, 2.05) is 0 Å². The van der Waals surface area contributed by atoms with Gasteiger partial charge in [-0.2, -0.15) is 0 Å². The Morgan fingerprint density at radius 1 is 1.24 bits per heavy atom. The molecule has 3 nitrogen and oxygen atoms in total. The number of fused-ring (bicyclic) bond motifs is 2. The standard InChI is InChI=1S/C22H29N3/c1-22(8-3-9-24-22)14-18-15-23-21-6-5-16(13-20(18)21)17-7-11-25-10-2-4-19(25)12-17/h5-6,12-13,15,19,23-24H,2-4,7-11,14H2,1H3/t19-,22+/m1/s1. The van der Waals surface area contributed by atoms with Crippen LogP contribution in [0.4, 0.5) is 0 Å². The molecular weight excluding hydrogens is 306 g/mol. The van der Waals surface area contributed by atoms with E-state index in [4.69, 9.17) is 0 Å². The van der Waals surface area contributed by atoms with Gasteiger partial charge >= 0.3 is 0 Å². The molecule has 2 fully saturated rings. The Kier molecular flexibility index (Phi) is 3.76. The van der Waals surface area contributed by atoms with E-state index in [1.165, 1.54) is 67.2 Å². The van der Waals surface area contributed by atoms with Crippen LogP contribution in [0.15, 0.2) is 30.5 Å². The molecule has 0 amide bonds. The molecule has 1 aromatic heterocycles. The third-order valence-electron chi connectivity index (χ3n) is 6.65. The molecule has 0 radical (unpaired) electrons. The zero-order valence-corrected chi connectivity index (χ0v) is 15.3. The average molecular weight is 335 g/mol. The van der Waals surface area contributed by atoms with E-state index in [-0.39, 0.29) is 5.54 Å². The third-order valence-corrected chi connectivity index (χ3v) is 6.65. The van der Waals surface area contributed by atoms with Crippen LogP contribution in [0.2, 0.25) is 0 Å². The van der Waals surface area contributed by atoms with Crippen molar-refractivity contribution in [2.75, 3.05) is 19.6 Å². The van der Waals surface area contributed by atoms with Crippen molar-refractivity contribution in [3.63, 3.8) is 0 Å². The summed E-state index contributed by atoms with van der Waals surface area (Å²) in [5.74, 6) is 0. The first kappa shape index (κ1) is 15.7. The second-order valence-corrected chi connectivity index (χ2v) is 8.53. The molecule has 3 aliphatic heterocycles. The van der Waals surface area contributed by atoms with Crippen molar-refractivity contribution >= 4 is 16.5 Å². The SMILES string of the molecule is C[C@@]1(Cc2c[nH]c3ccc(C4=C[C@H]5CCCN5CC4)cc23)CCCN1. The van der Waals surface area contributed by atoms with Crippen molar-refractivity contribution in [3.8, 4) is 0 Å². The fourth-order valence-corrected chi connectivity index (χ4v) is 5.19. The molecule has 0 spiro atoms. The maximum Gasteiger partial charge on any atom is 0.0457 e. The van der Waals surface area contributed by atoms with Gasteiger partial charge in [0.15, 0.2) is 0 Å². The fourth-order valence-electron chi connectivity index (χ4n) is 5.19. The van der Waals surface area contributed by atoms with Gasteiger partial charge in [0.25, 0.3) is 0 Å². The molecule has 25 heavy (non-hydrogen) atoms. The molecule has 132 valence electrons. The van der Waals surface area contributed by atoms with E-state index in [2.05, 4.69) is 52.6 Å². The molecule has 0 aliphatic carbocycles. The lowest BCUT2D eigenvalue weighted by Crippen LogP contribution is -2.38. The van der Waals surface area contributed by atoms with Crippen molar-refractivity contribution in [3.05, 3.63) is 41.6 Å². The Hall–Kier alpha value is -1.58. The highest BCUT2D eigenvalue weighted by Gasteiger charge is 2.29. The minimum Gasteiger partial charge on any atom is -0.361 e. The number of aromatic nitrogens is 1. The van der Waals surface area contributed by atoms with Crippen molar-refractivity contribution in [2.45, 2.75) is 57.0 Å².